The van der Waals surface area contributed by atoms with Crippen LogP contribution in [0.3, 0.4) is 0 Å². The molecule has 5 heteroatoms. The Balaban J connectivity index is 2.17. The van der Waals surface area contributed by atoms with Crippen LogP contribution in [-0.2, 0) is 11.3 Å². The van der Waals surface area contributed by atoms with Gasteiger partial charge >= 0.3 is 0 Å². The molecule has 0 saturated heterocycles. The van der Waals surface area contributed by atoms with E-state index in [1.54, 1.807) is 7.11 Å². The molecule has 3 aromatic heterocycles. The third-order valence-corrected chi connectivity index (χ3v) is 5.10. The van der Waals surface area contributed by atoms with Gasteiger partial charge in [-0.05, 0) is 56.0 Å². The van der Waals surface area contributed by atoms with Crippen molar-refractivity contribution >= 4 is 11.0 Å². The lowest BCUT2D eigenvalue weighted by molar-refractivity contribution is 0.164. The van der Waals surface area contributed by atoms with Gasteiger partial charge in [0.15, 0.2) is 0 Å². The summed E-state index contributed by atoms with van der Waals surface area (Å²) < 4.78 is 7.59. The predicted molar refractivity (Wildman–Crippen MR) is 111 cm³/mol. The van der Waals surface area contributed by atoms with Gasteiger partial charge in [0.1, 0.15) is 0 Å². The van der Waals surface area contributed by atoms with Crippen LogP contribution < -0.4 is 5.73 Å². The molecule has 0 aliphatic carbocycles. The SMILES string of the molecule is COC[C@H](C)n1cc(C)c2nc(-c3ccc(C(C)C)nc3CN)c(C)cc21. The molecular formula is C22H30N4O. The zero-order valence-corrected chi connectivity index (χ0v) is 17.2. The van der Waals surface area contributed by atoms with E-state index < -0.39 is 0 Å². The first-order valence-electron chi connectivity index (χ1n) is 9.55. The molecule has 0 fully saturated rings. The second kappa shape index (κ2) is 7.79. The summed E-state index contributed by atoms with van der Waals surface area (Å²) >= 11 is 0. The maximum atomic E-state index is 6.02. The molecule has 1 atom stereocenters. The van der Waals surface area contributed by atoms with Gasteiger partial charge in [-0.2, -0.15) is 0 Å². The fourth-order valence-electron chi connectivity index (χ4n) is 3.60. The second-order valence-corrected chi connectivity index (χ2v) is 7.63. The van der Waals surface area contributed by atoms with Crippen molar-refractivity contribution < 1.29 is 4.74 Å². The second-order valence-electron chi connectivity index (χ2n) is 7.63. The molecule has 0 aliphatic heterocycles. The van der Waals surface area contributed by atoms with Gasteiger partial charge < -0.3 is 15.0 Å². The largest absolute Gasteiger partial charge is 0.383 e. The molecule has 3 aromatic rings. The third-order valence-electron chi connectivity index (χ3n) is 5.10. The van der Waals surface area contributed by atoms with Crippen LogP contribution in [0.15, 0.2) is 24.4 Å². The Kier molecular flexibility index (Phi) is 5.63. The highest BCUT2D eigenvalue weighted by molar-refractivity contribution is 5.84. The van der Waals surface area contributed by atoms with Crippen molar-refractivity contribution in [3.05, 3.63) is 46.9 Å². The highest BCUT2D eigenvalue weighted by Gasteiger charge is 2.17. The van der Waals surface area contributed by atoms with E-state index in [2.05, 4.69) is 63.6 Å². The molecule has 0 spiro atoms. The standard InChI is InChI=1S/C22H30N4O/c1-13(2)18-8-7-17(19(10-23)24-18)21-14(3)9-20-22(25-21)15(4)11-26(20)16(5)12-27-6/h7-9,11,13,16H,10,12,23H2,1-6H3/t16-/m0/s1. The number of fused-ring (bicyclic) bond motifs is 1. The number of hydrogen-bond acceptors (Lipinski definition) is 4. The molecule has 0 radical (unpaired) electrons. The van der Waals surface area contributed by atoms with E-state index in [-0.39, 0.29) is 6.04 Å². The molecule has 0 saturated carbocycles. The van der Waals surface area contributed by atoms with E-state index >= 15 is 0 Å². The Bertz CT molecular complexity index is 959. The van der Waals surface area contributed by atoms with Crippen LogP contribution in [0.5, 0.6) is 0 Å². The molecule has 0 unspecified atom stereocenters. The van der Waals surface area contributed by atoms with Gasteiger partial charge in [-0.25, -0.2) is 4.98 Å². The first-order valence-corrected chi connectivity index (χ1v) is 9.55. The lowest BCUT2D eigenvalue weighted by Gasteiger charge is -2.16. The van der Waals surface area contributed by atoms with Crippen molar-refractivity contribution in [2.75, 3.05) is 13.7 Å². The summed E-state index contributed by atoms with van der Waals surface area (Å²) in [4.78, 5) is 9.82. The van der Waals surface area contributed by atoms with E-state index in [0.29, 0.717) is 19.1 Å². The Morgan fingerprint density at radius 1 is 1.11 bits per heavy atom. The molecule has 3 rings (SSSR count). The lowest BCUT2D eigenvalue weighted by atomic mass is 10.0. The molecule has 0 aromatic carbocycles. The number of hydrogen-bond donors (Lipinski definition) is 1. The fourth-order valence-corrected chi connectivity index (χ4v) is 3.60. The number of aryl methyl sites for hydroxylation is 2. The van der Waals surface area contributed by atoms with Crippen molar-refractivity contribution in [3.63, 3.8) is 0 Å². The molecule has 0 amide bonds. The molecule has 3 heterocycles. The zero-order chi connectivity index (χ0) is 19.7. The molecule has 0 aliphatic rings. The van der Waals surface area contributed by atoms with Gasteiger partial charge in [0.2, 0.25) is 0 Å². The molecule has 144 valence electrons. The van der Waals surface area contributed by atoms with Crippen LogP contribution in [0.4, 0.5) is 0 Å². The first-order chi connectivity index (χ1) is 12.9. The zero-order valence-electron chi connectivity index (χ0n) is 17.2. The molecule has 27 heavy (non-hydrogen) atoms. The molecule has 5 nitrogen and oxygen atoms in total. The summed E-state index contributed by atoms with van der Waals surface area (Å²) in [6.07, 6.45) is 2.16. The summed E-state index contributed by atoms with van der Waals surface area (Å²) in [5, 5.41) is 0. The number of methoxy groups -OCH3 is 1. The smallest absolute Gasteiger partial charge is 0.0917 e. The number of ether oxygens (including phenoxy) is 1. The average Bonchev–Trinajstić information content (AvgIpc) is 2.96. The minimum absolute atomic E-state index is 0.254. The summed E-state index contributed by atoms with van der Waals surface area (Å²) in [7, 11) is 1.73. The van der Waals surface area contributed by atoms with Crippen LogP contribution >= 0.6 is 0 Å². The Morgan fingerprint density at radius 3 is 2.48 bits per heavy atom. The summed E-state index contributed by atoms with van der Waals surface area (Å²) in [6.45, 7) is 11.7. The van der Waals surface area contributed by atoms with E-state index in [0.717, 1.165) is 44.8 Å². The number of pyridine rings is 2. The van der Waals surface area contributed by atoms with Gasteiger partial charge in [0.05, 0.1) is 35.1 Å². The number of nitrogens with zero attached hydrogens (tertiary/aromatic N) is 3. The summed E-state index contributed by atoms with van der Waals surface area (Å²) in [5.41, 5.74) is 14.4. The monoisotopic (exact) mass is 366 g/mol. The van der Waals surface area contributed by atoms with Crippen LogP contribution in [0.25, 0.3) is 22.3 Å². The first kappa shape index (κ1) is 19.5. The van der Waals surface area contributed by atoms with Crippen LogP contribution in [0.2, 0.25) is 0 Å². The van der Waals surface area contributed by atoms with E-state index in [4.69, 9.17) is 20.4 Å². The maximum Gasteiger partial charge on any atom is 0.0917 e. The van der Waals surface area contributed by atoms with Crippen LogP contribution in [0.1, 0.15) is 55.2 Å². The molecule has 2 N–H and O–H groups in total. The predicted octanol–water partition coefficient (Wildman–Crippen LogP) is 4.50. The van der Waals surface area contributed by atoms with E-state index in [1.165, 1.54) is 0 Å². The Morgan fingerprint density at radius 2 is 1.85 bits per heavy atom. The van der Waals surface area contributed by atoms with Gasteiger partial charge in [-0.15, -0.1) is 0 Å². The maximum absolute atomic E-state index is 6.02. The van der Waals surface area contributed by atoms with Gasteiger partial charge in [-0.1, -0.05) is 13.8 Å². The Labute approximate surface area is 161 Å². The molecule has 0 bridgehead atoms. The normalized spacial score (nSPS) is 12.9. The van der Waals surface area contributed by atoms with Crippen molar-refractivity contribution in [1.29, 1.82) is 0 Å². The third kappa shape index (κ3) is 3.62. The van der Waals surface area contributed by atoms with Crippen molar-refractivity contribution in [3.8, 4) is 11.3 Å². The summed E-state index contributed by atoms with van der Waals surface area (Å²) in [6, 6.07) is 6.67. The van der Waals surface area contributed by atoms with Gasteiger partial charge in [-0.3, -0.25) is 4.98 Å². The topological polar surface area (TPSA) is 66.0 Å². The average molecular weight is 367 g/mol. The lowest BCUT2D eigenvalue weighted by Crippen LogP contribution is -2.10. The van der Waals surface area contributed by atoms with Gasteiger partial charge in [0, 0.05) is 31.1 Å². The van der Waals surface area contributed by atoms with Crippen molar-refractivity contribution in [1.82, 2.24) is 14.5 Å². The minimum Gasteiger partial charge on any atom is -0.383 e. The Hall–Kier alpha value is -2.24. The van der Waals surface area contributed by atoms with Gasteiger partial charge in [0.25, 0.3) is 0 Å². The number of nitrogens with two attached hydrogens (primary N) is 1. The van der Waals surface area contributed by atoms with Crippen molar-refractivity contribution in [2.45, 2.75) is 53.1 Å². The quantitative estimate of drug-likeness (QED) is 0.697. The molecular weight excluding hydrogens is 336 g/mol. The summed E-state index contributed by atoms with van der Waals surface area (Å²) in [5.74, 6) is 0.374. The highest BCUT2D eigenvalue weighted by atomic mass is 16.5. The van der Waals surface area contributed by atoms with E-state index in [9.17, 15) is 0 Å². The van der Waals surface area contributed by atoms with Crippen LogP contribution in [0, 0.1) is 13.8 Å². The fraction of sp³-hybridized carbons (Fsp3) is 0.455. The van der Waals surface area contributed by atoms with Crippen LogP contribution in [-0.4, -0.2) is 28.3 Å². The van der Waals surface area contributed by atoms with E-state index in [1.807, 2.05) is 0 Å². The number of rotatable bonds is 6. The number of aromatic nitrogens is 3. The highest BCUT2D eigenvalue weighted by Crippen LogP contribution is 2.31. The minimum atomic E-state index is 0.254. The van der Waals surface area contributed by atoms with Crippen molar-refractivity contribution in [2.24, 2.45) is 5.73 Å².